The maximum absolute atomic E-state index is 10.7. The van der Waals surface area contributed by atoms with Gasteiger partial charge in [0, 0.05) is 19.6 Å². The van der Waals surface area contributed by atoms with Gasteiger partial charge in [0.15, 0.2) is 0 Å². The van der Waals surface area contributed by atoms with Gasteiger partial charge in [0.1, 0.15) is 0 Å². The lowest BCUT2D eigenvalue weighted by Gasteiger charge is -2.42. The predicted octanol–water partition coefficient (Wildman–Crippen LogP) is 1.69. The van der Waals surface area contributed by atoms with Crippen molar-refractivity contribution < 1.29 is 9.90 Å². The van der Waals surface area contributed by atoms with Gasteiger partial charge in [-0.2, -0.15) is 0 Å². The van der Waals surface area contributed by atoms with Crippen molar-refractivity contribution in [3.05, 3.63) is 0 Å². The van der Waals surface area contributed by atoms with E-state index in [1.54, 1.807) is 0 Å². The van der Waals surface area contributed by atoms with Crippen molar-refractivity contribution in [2.45, 2.75) is 27.2 Å². The number of hydrogen-bond donors (Lipinski definition) is 1. The van der Waals surface area contributed by atoms with Crippen molar-refractivity contribution in [2.24, 2.45) is 17.8 Å². The predicted molar refractivity (Wildman–Crippen MR) is 56.2 cm³/mol. The molecular formula is C11H21NO2. The topological polar surface area (TPSA) is 40.5 Å². The van der Waals surface area contributed by atoms with Gasteiger partial charge < -0.3 is 10.0 Å². The van der Waals surface area contributed by atoms with Crippen LogP contribution < -0.4 is 0 Å². The van der Waals surface area contributed by atoms with Crippen molar-refractivity contribution >= 4 is 5.97 Å². The summed E-state index contributed by atoms with van der Waals surface area (Å²) in [5.74, 6) is 0.272. The molecule has 1 rings (SSSR count). The van der Waals surface area contributed by atoms with Crippen LogP contribution in [0, 0.1) is 17.8 Å². The molecule has 1 aliphatic heterocycles. The fraction of sp³-hybridized carbons (Fsp3) is 0.909. The van der Waals surface area contributed by atoms with E-state index in [2.05, 4.69) is 18.7 Å². The molecule has 14 heavy (non-hydrogen) atoms. The third-order valence-corrected chi connectivity index (χ3v) is 3.35. The molecule has 0 amide bonds. The molecule has 1 saturated heterocycles. The van der Waals surface area contributed by atoms with E-state index in [-0.39, 0.29) is 5.92 Å². The number of likely N-dealkylation sites (tertiary alicyclic amines) is 1. The molecule has 0 aliphatic carbocycles. The molecule has 2 atom stereocenters. The van der Waals surface area contributed by atoms with Crippen LogP contribution in [0.25, 0.3) is 0 Å². The third kappa shape index (κ3) is 2.71. The Hall–Kier alpha value is -0.570. The molecule has 1 heterocycles. The molecule has 0 aromatic carbocycles. The standard InChI is InChI=1S/C11H21NO2/c1-4-8(2)5-12-6-10(7-12)9(3)11(13)14/h8-10H,4-7H2,1-3H3,(H,13,14). The second-order valence-electron chi connectivity index (χ2n) is 4.62. The molecule has 0 aromatic rings. The summed E-state index contributed by atoms with van der Waals surface area (Å²) in [6.07, 6.45) is 1.20. The van der Waals surface area contributed by atoms with Crippen LogP contribution in [-0.4, -0.2) is 35.6 Å². The first-order valence-electron chi connectivity index (χ1n) is 5.49. The minimum Gasteiger partial charge on any atom is -0.481 e. The Kier molecular flexibility index (Phi) is 3.93. The van der Waals surface area contributed by atoms with E-state index in [4.69, 9.17) is 5.11 Å². The van der Waals surface area contributed by atoms with Crippen LogP contribution in [0.15, 0.2) is 0 Å². The Morgan fingerprint density at radius 2 is 2.07 bits per heavy atom. The van der Waals surface area contributed by atoms with Crippen molar-refractivity contribution in [1.29, 1.82) is 0 Å². The van der Waals surface area contributed by atoms with Crippen molar-refractivity contribution in [1.82, 2.24) is 4.90 Å². The number of nitrogens with zero attached hydrogens (tertiary/aromatic N) is 1. The van der Waals surface area contributed by atoms with Gasteiger partial charge in [-0.15, -0.1) is 0 Å². The molecule has 3 nitrogen and oxygen atoms in total. The summed E-state index contributed by atoms with van der Waals surface area (Å²) < 4.78 is 0. The van der Waals surface area contributed by atoms with E-state index >= 15 is 0 Å². The van der Waals surface area contributed by atoms with Crippen LogP contribution in [0.3, 0.4) is 0 Å². The molecule has 2 unspecified atom stereocenters. The lowest BCUT2D eigenvalue weighted by molar-refractivity contribution is -0.145. The van der Waals surface area contributed by atoms with Gasteiger partial charge in [0.2, 0.25) is 0 Å². The Morgan fingerprint density at radius 3 is 2.50 bits per heavy atom. The highest BCUT2D eigenvalue weighted by Crippen LogP contribution is 2.25. The molecule has 3 heteroatoms. The Labute approximate surface area is 86.1 Å². The summed E-state index contributed by atoms with van der Waals surface area (Å²) >= 11 is 0. The smallest absolute Gasteiger partial charge is 0.306 e. The van der Waals surface area contributed by atoms with Gasteiger partial charge in [-0.1, -0.05) is 27.2 Å². The highest BCUT2D eigenvalue weighted by molar-refractivity contribution is 5.70. The monoisotopic (exact) mass is 199 g/mol. The Morgan fingerprint density at radius 1 is 1.50 bits per heavy atom. The highest BCUT2D eigenvalue weighted by Gasteiger charge is 2.34. The third-order valence-electron chi connectivity index (χ3n) is 3.35. The zero-order valence-corrected chi connectivity index (χ0v) is 9.36. The zero-order chi connectivity index (χ0) is 10.7. The number of carboxylic acids is 1. The number of aliphatic carboxylic acids is 1. The summed E-state index contributed by atoms with van der Waals surface area (Å²) in [4.78, 5) is 13.1. The highest BCUT2D eigenvalue weighted by atomic mass is 16.4. The number of carboxylic acid groups (broad SMARTS) is 1. The quantitative estimate of drug-likeness (QED) is 0.732. The summed E-state index contributed by atoms with van der Waals surface area (Å²) in [5, 5.41) is 8.81. The normalized spacial score (nSPS) is 22.8. The van der Waals surface area contributed by atoms with Gasteiger partial charge in [0.25, 0.3) is 0 Å². The first-order valence-corrected chi connectivity index (χ1v) is 5.49. The minimum atomic E-state index is -0.654. The SMILES string of the molecule is CCC(C)CN1CC(C(C)C(=O)O)C1. The van der Waals surface area contributed by atoms with Crippen LogP contribution in [0.1, 0.15) is 27.2 Å². The van der Waals surface area contributed by atoms with Crippen LogP contribution in [0.5, 0.6) is 0 Å². The van der Waals surface area contributed by atoms with E-state index in [1.165, 1.54) is 6.42 Å². The Balaban J connectivity index is 2.20. The second kappa shape index (κ2) is 4.78. The van der Waals surface area contributed by atoms with Gasteiger partial charge in [-0.05, 0) is 11.8 Å². The first kappa shape index (κ1) is 11.5. The Bertz CT molecular complexity index is 199. The van der Waals surface area contributed by atoms with Gasteiger partial charge >= 0.3 is 5.97 Å². The number of hydrogen-bond acceptors (Lipinski definition) is 2. The second-order valence-corrected chi connectivity index (χ2v) is 4.62. The molecule has 82 valence electrons. The largest absolute Gasteiger partial charge is 0.481 e. The lowest BCUT2D eigenvalue weighted by Crippen LogP contribution is -2.52. The van der Waals surface area contributed by atoms with Gasteiger partial charge in [0.05, 0.1) is 5.92 Å². The number of rotatable bonds is 5. The van der Waals surface area contributed by atoms with Gasteiger partial charge in [-0.25, -0.2) is 0 Å². The fourth-order valence-electron chi connectivity index (χ4n) is 1.85. The molecule has 0 aromatic heterocycles. The average molecular weight is 199 g/mol. The summed E-state index contributed by atoms with van der Waals surface area (Å²) in [7, 11) is 0. The summed E-state index contributed by atoms with van der Waals surface area (Å²) in [5.41, 5.74) is 0. The molecule has 0 bridgehead atoms. The van der Waals surface area contributed by atoms with Crippen molar-refractivity contribution in [3.8, 4) is 0 Å². The van der Waals surface area contributed by atoms with Gasteiger partial charge in [-0.3, -0.25) is 4.79 Å². The van der Waals surface area contributed by atoms with Crippen molar-refractivity contribution in [3.63, 3.8) is 0 Å². The summed E-state index contributed by atoms with van der Waals surface area (Å²) in [6, 6.07) is 0. The van der Waals surface area contributed by atoms with Crippen LogP contribution in [-0.2, 0) is 4.79 Å². The maximum Gasteiger partial charge on any atom is 0.306 e. The molecule has 1 aliphatic rings. The molecule has 0 spiro atoms. The molecule has 1 N–H and O–H groups in total. The van der Waals surface area contributed by atoms with E-state index in [0.717, 1.165) is 25.6 Å². The van der Waals surface area contributed by atoms with Crippen LogP contribution >= 0.6 is 0 Å². The molecule has 1 fully saturated rings. The maximum atomic E-state index is 10.7. The molecule has 0 radical (unpaired) electrons. The number of carbonyl (C=O) groups is 1. The average Bonchev–Trinajstić information content (AvgIpc) is 2.08. The summed E-state index contributed by atoms with van der Waals surface area (Å²) in [6.45, 7) is 9.32. The van der Waals surface area contributed by atoms with Crippen LogP contribution in [0.4, 0.5) is 0 Å². The molecule has 0 saturated carbocycles. The van der Waals surface area contributed by atoms with E-state index < -0.39 is 5.97 Å². The minimum absolute atomic E-state index is 0.178. The first-order chi connectivity index (χ1) is 6.54. The van der Waals surface area contributed by atoms with E-state index in [0.29, 0.717) is 5.92 Å². The van der Waals surface area contributed by atoms with Crippen molar-refractivity contribution in [2.75, 3.05) is 19.6 Å². The molecular weight excluding hydrogens is 178 g/mol. The van der Waals surface area contributed by atoms with E-state index in [9.17, 15) is 4.79 Å². The fourth-order valence-corrected chi connectivity index (χ4v) is 1.85. The van der Waals surface area contributed by atoms with Crippen LogP contribution in [0.2, 0.25) is 0 Å². The zero-order valence-electron chi connectivity index (χ0n) is 9.36. The van der Waals surface area contributed by atoms with E-state index in [1.807, 2.05) is 6.92 Å². The lowest BCUT2D eigenvalue weighted by atomic mass is 9.86.